The predicted molar refractivity (Wildman–Crippen MR) is 131 cm³/mol. The maximum Gasteiger partial charge on any atom is 0.191 e. The number of rotatable bonds is 10. The summed E-state index contributed by atoms with van der Waals surface area (Å²) in [7, 11) is 0. The van der Waals surface area contributed by atoms with Crippen LogP contribution in [0.5, 0.6) is 0 Å². The molecule has 0 aromatic heterocycles. The third kappa shape index (κ3) is 8.61. The highest BCUT2D eigenvalue weighted by Crippen LogP contribution is 2.14. The van der Waals surface area contributed by atoms with Gasteiger partial charge in [-0.05, 0) is 37.8 Å². The standard InChI is InChI=1S/C26H38N4O2/c1-3-27-26(28-17-25(31)20-32-19-22-9-5-4-6-10-22)29-24-12-14-30(15-13-24)18-23-11-7-8-21(2)16-23/h4-11,16,24-25,31H,3,12-15,17-20H2,1-2H3,(H2,27,28,29). The number of aliphatic imine (C=N–C) groups is 1. The van der Waals surface area contributed by atoms with Gasteiger partial charge in [0, 0.05) is 32.2 Å². The second-order valence-electron chi connectivity index (χ2n) is 8.56. The van der Waals surface area contributed by atoms with Crippen molar-refractivity contribution in [3.8, 4) is 0 Å². The van der Waals surface area contributed by atoms with E-state index in [1.807, 2.05) is 30.3 Å². The van der Waals surface area contributed by atoms with Crippen LogP contribution in [-0.2, 0) is 17.9 Å². The number of aryl methyl sites for hydroxylation is 1. The van der Waals surface area contributed by atoms with E-state index in [1.165, 1.54) is 11.1 Å². The highest BCUT2D eigenvalue weighted by molar-refractivity contribution is 5.80. The second-order valence-corrected chi connectivity index (χ2v) is 8.56. The fourth-order valence-electron chi connectivity index (χ4n) is 3.95. The first-order valence-electron chi connectivity index (χ1n) is 11.7. The van der Waals surface area contributed by atoms with Gasteiger partial charge in [0.15, 0.2) is 5.96 Å². The van der Waals surface area contributed by atoms with Crippen molar-refractivity contribution in [3.05, 3.63) is 71.3 Å². The van der Waals surface area contributed by atoms with Crippen LogP contribution in [0.25, 0.3) is 0 Å². The molecule has 1 heterocycles. The lowest BCUT2D eigenvalue weighted by Crippen LogP contribution is -2.48. The number of aliphatic hydroxyl groups is 1. The summed E-state index contributed by atoms with van der Waals surface area (Å²) in [6, 6.07) is 19.2. The van der Waals surface area contributed by atoms with Gasteiger partial charge < -0.3 is 20.5 Å². The molecule has 1 aliphatic rings. The molecule has 2 aromatic rings. The Bertz CT molecular complexity index is 820. The summed E-state index contributed by atoms with van der Waals surface area (Å²) in [6.45, 7) is 9.24. The summed E-state index contributed by atoms with van der Waals surface area (Å²) < 4.78 is 5.63. The molecule has 1 saturated heterocycles. The van der Waals surface area contributed by atoms with Crippen LogP contribution in [0.1, 0.15) is 36.5 Å². The van der Waals surface area contributed by atoms with Gasteiger partial charge in [-0.1, -0.05) is 60.2 Å². The van der Waals surface area contributed by atoms with Gasteiger partial charge >= 0.3 is 0 Å². The van der Waals surface area contributed by atoms with Gasteiger partial charge in [0.05, 0.1) is 25.9 Å². The molecule has 6 heteroatoms. The molecule has 1 unspecified atom stereocenters. The van der Waals surface area contributed by atoms with Crippen LogP contribution in [0.2, 0.25) is 0 Å². The minimum atomic E-state index is -0.620. The molecule has 1 fully saturated rings. The number of guanidine groups is 1. The summed E-state index contributed by atoms with van der Waals surface area (Å²) in [5.74, 6) is 0.770. The quantitative estimate of drug-likeness (QED) is 0.393. The van der Waals surface area contributed by atoms with Gasteiger partial charge in [-0.3, -0.25) is 9.89 Å². The summed E-state index contributed by atoms with van der Waals surface area (Å²) in [6.07, 6.45) is 1.54. The number of likely N-dealkylation sites (tertiary alicyclic amines) is 1. The van der Waals surface area contributed by atoms with Gasteiger partial charge in [0.25, 0.3) is 0 Å². The number of nitrogens with one attached hydrogen (secondary N) is 2. The predicted octanol–water partition coefficient (Wildman–Crippen LogP) is 3.09. The Labute approximate surface area is 192 Å². The molecule has 0 aliphatic carbocycles. The van der Waals surface area contributed by atoms with E-state index in [4.69, 9.17) is 4.74 Å². The minimum Gasteiger partial charge on any atom is -0.389 e. The largest absolute Gasteiger partial charge is 0.389 e. The number of benzene rings is 2. The van der Waals surface area contributed by atoms with Crippen molar-refractivity contribution in [3.63, 3.8) is 0 Å². The first-order chi connectivity index (χ1) is 15.6. The molecule has 1 aliphatic heterocycles. The molecule has 32 heavy (non-hydrogen) atoms. The van der Waals surface area contributed by atoms with Crippen molar-refractivity contribution in [2.45, 2.75) is 52.0 Å². The summed E-state index contributed by atoms with van der Waals surface area (Å²) in [4.78, 5) is 7.10. The average molecular weight is 439 g/mol. The van der Waals surface area contributed by atoms with Crippen LogP contribution in [0.15, 0.2) is 59.6 Å². The third-order valence-corrected chi connectivity index (χ3v) is 5.64. The lowest BCUT2D eigenvalue weighted by Gasteiger charge is -2.33. The van der Waals surface area contributed by atoms with E-state index in [1.54, 1.807) is 0 Å². The smallest absolute Gasteiger partial charge is 0.191 e. The van der Waals surface area contributed by atoms with Crippen LogP contribution in [0, 0.1) is 6.92 Å². The van der Waals surface area contributed by atoms with E-state index >= 15 is 0 Å². The van der Waals surface area contributed by atoms with Crippen LogP contribution in [0.3, 0.4) is 0 Å². The molecule has 6 nitrogen and oxygen atoms in total. The van der Waals surface area contributed by atoms with Crippen molar-refractivity contribution in [1.29, 1.82) is 0 Å². The lowest BCUT2D eigenvalue weighted by molar-refractivity contribution is 0.0331. The van der Waals surface area contributed by atoms with Gasteiger partial charge in [-0.2, -0.15) is 0 Å². The fraction of sp³-hybridized carbons (Fsp3) is 0.500. The zero-order valence-electron chi connectivity index (χ0n) is 19.5. The van der Waals surface area contributed by atoms with E-state index in [0.29, 0.717) is 19.2 Å². The Balaban J connectivity index is 1.39. The zero-order chi connectivity index (χ0) is 22.6. The summed E-state index contributed by atoms with van der Waals surface area (Å²) >= 11 is 0. The van der Waals surface area contributed by atoms with Crippen molar-refractivity contribution < 1.29 is 9.84 Å². The Morgan fingerprint density at radius 1 is 1.12 bits per heavy atom. The Morgan fingerprint density at radius 3 is 2.59 bits per heavy atom. The first kappa shape index (κ1) is 24.2. The Morgan fingerprint density at radius 2 is 1.88 bits per heavy atom. The number of piperidine rings is 1. The number of nitrogens with zero attached hydrogens (tertiary/aromatic N) is 2. The second kappa shape index (κ2) is 13.2. The van der Waals surface area contributed by atoms with E-state index in [2.05, 4.69) is 58.6 Å². The molecule has 3 N–H and O–H groups in total. The topological polar surface area (TPSA) is 69.1 Å². The molecule has 3 rings (SSSR count). The molecule has 1 atom stereocenters. The SMILES string of the molecule is CCNC(=NCC(O)COCc1ccccc1)NC1CCN(Cc2cccc(C)c2)CC1. The lowest BCUT2D eigenvalue weighted by atomic mass is 10.0. The minimum absolute atomic E-state index is 0.273. The molecular weight excluding hydrogens is 400 g/mol. The molecule has 0 spiro atoms. The first-order valence-corrected chi connectivity index (χ1v) is 11.7. The number of hydrogen-bond donors (Lipinski definition) is 3. The number of hydrogen-bond acceptors (Lipinski definition) is 4. The Kier molecular flexibility index (Phi) is 10.0. The maximum atomic E-state index is 10.3. The average Bonchev–Trinajstić information content (AvgIpc) is 2.80. The van der Waals surface area contributed by atoms with Gasteiger partial charge in [0.2, 0.25) is 0 Å². The van der Waals surface area contributed by atoms with Gasteiger partial charge in [0.1, 0.15) is 0 Å². The normalized spacial score (nSPS) is 16.7. The van der Waals surface area contributed by atoms with E-state index in [0.717, 1.165) is 50.5 Å². The van der Waals surface area contributed by atoms with Crippen LogP contribution < -0.4 is 10.6 Å². The molecule has 0 bridgehead atoms. The third-order valence-electron chi connectivity index (χ3n) is 5.64. The highest BCUT2D eigenvalue weighted by Gasteiger charge is 2.20. The zero-order valence-corrected chi connectivity index (χ0v) is 19.5. The van der Waals surface area contributed by atoms with Crippen LogP contribution >= 0.6 is 0 Å². The maximum absolute atomic E-state index is 10.3. The van der Waals surface area contributed by atoms with Crippen LogP contribution in [0.4, 0.5) is 0 Å². The molecule has 174 valence electrons. The Hall–Kier alpha value is -2.41. The molecule has 0 saturated carbocycles. The van der Waals surface area contributed by atoms with Crippen LogP contribution in [-0.4, -0.2) is 60.9 Å². The van der Waals surface area contributed by atoms with E-state index < -0.39 is 6.10 Å². The highest BCUT2D eigenvalue weighted by atomic mass is 16.5. The summed E-state index contributed by atoms with van der Waals surface area (Å²) in [5.41, 5.74) is 3.81. The van der Waals surface area contributed by atoms with E-state index in [9.17, 15) is 5.11 Å². The summed E-state index contributed by atoms with van der Waals surface area (Å²) in [5, 5.41) is 17.1. The van der Waals surface area contributed by atoms with Gasteiger partial charge in [-0.25, -0.2) is 0 Å². The van der Waals surface area contributed by atoms with Gasteiger partial charge in [-0.15, -0.1) is 0 Å². The van der Waals surface area contributed by atoms with E-state index in [-0.39, 0.29) is 6.61 Å². The van der Waals surface area contributed by atoms with Crippen molar-refractivity contribution in [2.24, 2.45) is 4.99 Å². The fourth-order valence-corrected chi connectivity index (χ4v) is 3.95. The molecule has 0 amide bonds. The monoisotopic (exact) mass is 438 g/mol. The number of ether oxygens (including phenoxy) is 1. The van der Waals surface area contributed by atoms with Crippen molar-refractivity contribution >= 4 is 5.96 Å². The molecular formula is C26H38N4O2. The molecule has 0 radical (unpaired) electrons. The number of aliphatic hydroxyl groups excluding tert-OH is 1. The van der Waals surface area contributed by atoms with Crippen molar-refractivity contribution in [2.75, 3.05) is 32.8 Å². The molecule has 2 aromatic carbocycles. The van der Waals surface area contributed by atoms with Crippen molar-refractivity contribution in [1.82, 2.24) is 15.5 Å².